The Morgan fingerprint density at radius 2 is 1.76 bits per heavy atom. The third-order valence-electron chi connectivity index (χ3n) is 5.76. The van der Waals surface area contributed by atoms with E-state index in [1.807, 2.05) is 47.0 Å². The molecule has 3 heterocycles. The van der Waals surface area contributed by atoms with Crippen LogP contribution < -0.4 is 10.2 Å². The lowest BCUT2D eigenvalue weighted by Crippen LogP contribution is -2.31. The smallest absolute Gasteiger partial charge is 0.268 e. The van der Waals surface area contributed by atoms with Gasteiger partial charge in [-0.25, -0.2) is 4.39 Å². The van der Waals surface area contributed by atoms with Crippen LogP contribution in [0.5, 0.6) is 0 Å². The molecular weight excluding hydrogens is 419 g/mol. The third kappa shape index (κ3) is 4.01. The Labute approximate surface area is 190 Å². The zero-order valence-electron chi connectivity index (χ0n) is 17.7. The molecule has 0 radical (unpaired) electrons. The van der Waals surface area contributed by atoms with Gasteiger partial charge in [-0.3, -0.25) is 14.6 Å². The van der Waals surface area contributed by atoms with Crippen LogP contribution in [0.1, 0.15) is 37.7 Å². The molecule has 1 aliphatic rings. The van der Waals surface area contributed by atoms with Gasteiger partial charge in [-0.2, -0.15) is 0 Å². The summed E-state index contributed by atoms with van der Waals surface area (Å²) in [4.78, 5) is 32.0. The standard InChI is InChI=1S/C26H21FN4O2/c27-22-9-3-2-8-21(22)26(33)31-17-20-11-12-24(25(32)29-15-18-6-5-13-28-14-18)30(20)16-19-7-1-4-10-23(19)31/h1-14H,15-17H2,(H,29,32). The quantitative estimate of drug-likeness (QED) is 0.518. The number of hydrogen-bond acceptors (Lipinski definition) is 3. The van der Waals surface area contributed by atoms with E-state index in [-0.39, 0.29) is 18.0 Å². The van der Waals surface area contributed by atoms with E-state index >= 15 is 0 Å². The molecule has 0 fully saturated rings. The molecule has 1 aliphatic heterocycles. The minimum absolute atomic E-state index is 0.0155. The minimum Gasteiger partial charge on any atom is -0.347 e. The number of pyridine rings is 1. The zero-order chi connectivity index (χ0) is 22.8. The summed E-state index contributed by atoms with van der Waals surface area (Å²) in [5, 5.41) is 2.93. The van der Waals surface area contributed by atoms with Gasteiger partial charge in [0.2, 0.25) is 0 Å². The van der Waals surface area contributed by atoms with Crippen molar-refractivity contribution in [3.8, 4) is 0 Å². The lowest BCUT2D eigenvalue weighted by molar-refractivity contribution is 0.0941. The van der Waals surface area contributed by atoms with Crippen molar-refractivity contribution in [3.63, 3.8) is 0 Å². The van der Waals surface area contributed by atoms with Crippen molar-refractivity contribution >= 4 is 17.5 Å². The molecule has 0 saturated heterocycles. The van der Waals surface area contributed by atoms with Crippen LogP contribution in [0.25, 0.3) is 0 Å². The van der Waals surface area contributed by atoms with Gasteiger partial charge in [0.15, 0.2) is 0 Å². The predicted molar refractivity (Wildman–Crippen MR) is 122 cm³/mol. The first-order valence-electron chi connectivity index (χ1n) is 10.6. The number of halogens is 1. The fraction of sp³-hybridized carbons (Fsp3) is 0.115. The van der Waals surface area contributed by atoms with E-state index in [1.165, 1.54) is 12.1 Å². The van der Waals surface area contributed by atoms with Crippen molar-refractivity contribution in [3.05, 3.63) is 119 Å². The van der Waals surface area contributed by atoms with E-state index in [0.717, 1.165) is 16.8 Å². The maximum atomic E-state index is 14.4. The topological polar surface area (TPSA) is 67.2 Å². The number of nitrogens with one attached hydrogen (secondary N) is 1. The number of anilines is 1. The highest BCUT2D eigenvalue weighted by Crippen LogP contribution is 2.30. The molecule has 33 heavy (non-hydrogen) atoms. The van der Waals surface area contributed by atoms with E-state index in [4.69, 9.17) is 0 Å². The number of fused-ring (bicyclic) bond motifs is 2. The van der Waals surface area contributed by atoms with E-state index in [0.29, 0.717) is 24.5 Å². The first-order chi connectivity index (χ1) is 16.1. The number of carbonyl (C=O) groups is 2. The Morgan fingerprint density at radius 3 is 2.58 bits per heavy atom. The van der Waals surface area contributed by atoms with Gasteiger partial charge in [-0.15, -0.1) is 0 Å². The van der Waals surface area contributed by atoms with Crippen molar-refractivity contribution in [2.75, 3.05) is 4.90 Å². The molecule has 2 aromatic carbocycles. The molecule has 1 N–H and O–H groups in total. The van der Waals surface area contributed by atoms with Crippen LogP contribution >= 0.6 is 0 Å². The van der Waals surface area contributed by atoms with Crippen molar-refractivity contribution in [1.82, 2.24) is 14.9 Å². The SMILES string of the molecule is O=C(NCc1cccnc1)c1ccc2n1Cc1ccccc1N(C(=O)c1ccccc1F)C2. The Morgan fingerprint density at radius 1 is 0.939 bits per heavy atom. The van der Waals surface area contributed by atoms with Crippen molar-refractivity contribution in [2.24, 2.45) is 0 Å². The van der Waals surface area contributed by atoms with Gasteiger partial charge in [0.25, 0.3) is 11.8 Å². The molecule has 164 valence electrons. The Bertz CT molecular complexity index is 1330. The number of amides is 2. The largest absolute Gasteiger partial charge is 0.347 e. The number of rotatable bonds is 4. The van der Waals surface area contributed by atoms with Crippen LogP contribution in [0.2, 0.25) is 0 Å². The average molecular weight is 440 g/mol. The second kappa shape index (κ2) is 8.70. The summed E-state index contributed by atoms with van der Waals surface area (Å²) in [5.74, 6) is -1.19. The molecule has 6 nitrogen and oxygen atoms in total. The summed E-state index contributed by atoms with van der Waals surface area (Å²) in [7, 11) is 0. The van der Waals surface area contributed by atoms with Gasteiger partial charge in [0.05, 0.1) is 18.7 Å². The van der Waals surface area contributed by atoms with Crippen molar-refractivity contribution < 1.29 is 14.0 Å². The second-order valence-corrected chi connectivity index (χ2v) is 7.84. The Balaban J connectivity index is 1.47. The fourth-order valence-electron chi connectivity index (χ4n) is 4.10. The van der Waals surface area contributed by atoms with E-state index in [1.54, 1.807) is 35.5 Å². The lowest BCUT2D eigenvalue weighted by Gasteiger charge is -2.23. The Kier molecular flexibility index (Phi) is 5.44. The van der Waals surface area contributed by atoms with Crippen LogP contribution in [0.4, 0.5) is 10.1 Å². The number of nitrogens with zero attached hydrogens (tertiary/aromatic N) is 3. The normalized spacial score (nSPS) is 12.5. The highest BCUT2D eigenvalue weighted by molar-refractivity contribution is 6.06. The summed E-state index contributed by atoms with van der Waals surface area (Å²) in [6.07, 6.45) is 3.39. The van der Waals surface area contributed by atoms with E-state index in [2.05, 4.69) is 10.3 Å². The maximum Gasteiger partial charge on any atom is 0.268 e. The molecule has 2 amide bonds. The molecule has 2 aromatic heterocycles. The zero-order valence-corrected chi connectivity index (χ0v) is 17.7. The summed E-state index contributed by atoms with van der Waals surface area (Å²) < 4.78 is 16.3. The van der Waals surface area contributed by atoms with Gasteiger partial charge in [0.1, 0.15) is 11.5 Å². The van der Waals surface area contributed by atoms with Crippen LogP contribution in [0.15, 0.2) is 85.2 Å². The number of para-hydroxylation sites is 1. The summed E-state index contributed by atoms with van der Waals surface area (Å²) >= 11 is 0. The number of aromatic nitrogens is 2. The molecule has 0 aliphatic carbocycles. The third-order valence-corrected chi connectivity index (χ3v) is 5.76. The molecule has 0 unspecified atom stereocenters. The lowest BCUT2D eigenvalue weighted by atomic mass is 10.1. The minimum atomic E-state index is -0.560. The summed E-state index contributed by atoms with van der Waals surface area (Å²) in [5.41, 5.74) is 3.79. The highest BCUT2D eigenvalue weighted by Gasteiger charge is 2.28. The molecule has 0 bridgehead atoms. The Hall–Kier alpha value is -4.26. The molecule has 7 heteroatoms. The number of carbonyl (C=O) groups excluding carboxylic acids is 2. The van der Waals surface area contributed by atoms with Crippen LogP contribution in [0.3, 0.4) is 0 Å². The predicted octanol–water partition coefficient (Wildman–Crippen LogP) is 4.16. The maximum absolute atomic E-state index is 14.4. The van der Waals surface area contributed by atoms with Gasteiger partial charge < -0.3 is 14.8 Å². The van der Waals surface area contributed by atoms with Crippen molar-refractivity contribution in [2.45, 2.75) is 19.6 Å². The van der Waals surface area contributed by atoms with Gasteiger partial charge in [-0.1, -0.05) is 36.4 Å². The van der Waals surface area contributed by atoms with Crippen LogP contribution in [0, 0.1) is 5.82 Å². The van der Waals surface area contributed by atoms with Gasteiger partial charge in [0, 0.05) is 30.3 Å². The number of hydrogen-bond donors (Lipinski definition) is 1. The summed E-state index contributed by atoms with van der Waals surface area (Å²) in [6, 6.07) is 20.8. The molecule has 0 spiro atoms. The number of benzene rings is 2. The molecular formula is C26H21FN4O2. The average Bonchev–Trinajstić information content (AvgIpc) is 3.16. The van der Waals surface area contributed by atoms with Crippen LogP contribution in [-0.4, -0.2) is 21.4 Å². The molecule has 5 rings (SSSR count). The fourth-order valence-corrected chi connectivity index (χ4v) is 4.10. The molecule has 4 aromatic rings. The van der Waals surface area contributed by atoms with E-state index in [9.17, 15) is 14.0 Å². The molecule has 0 saturated carbocycles. The first-order valence-corrected chi connectivity index (χ1v) is 10.6. The van der Waals surface area contributed by atoms with Gasteiger partial charge >= 0.3 is 0 Å². The molecule has 0 atom stereocenters. The second-order valence-electron chi connectivity index (χ2n) is 7.84. The first kappa shape index (κ1) is 20.6. The highest BCUT2D eigenvalue weighted by atomic mass is 19.1. The monoisotopic (exact) mass is 440 g/mol. The van der Waals surface area contributed by atoms with Crippen LogP contribution in [-0.2, 0) is 19.6 Å². The van der Waals surface area contributed by atoms with Gasteiger partial charge in [-0.05, 0) is 47.5 Å². The van der Waals surface area contributed by atoms with E-state index < -0.39 is 11.7 Å². The summed E-state index contributed by atoms with van der Waals surface area (Å²) in [6.45, 7) is 1.01. The van der Waals surface area contributed by atoms with Crippen molar-refractivity contribution in [1.29, 1.82) is 0 Å².